The molecule has 1 fully saturated rings. The fourth-order valence-electron chi connectivity index (χ4n) is 2.48. The van der Waals surface area contributed by atoms with E-state index in [1.807, 2.05) is 0 Å². The molecule has 6 nitrogen and oxygen atoms in total. The van der Waals surface area contributed by atoms with Gasteiger partial charge in [-0.25, -0.2) is 4.79 Å². The van der Waals surface area contributed by atoms with Gasteiger partial charge < -0.3 is 15.4 Å². The summed E-state index contributed by atoms with van der Waals surface area (Å²) in [7, 11) is 0. The SMILES string of the molecule is O=C(NC(CC1CC1)C(=O)O)c1cc2ccccc2c(=O)[nH]1. The molecule has 1 heterocycles. The van der Waals surface area contributed by atoms with Crippen molar-refractivity contribution < 1.29 is 14.7 Å². The molecule has 0 saturated heterocycles. The quantitative estimate of drug-likeness (QED) is 0.779. The Hall–Kier alpha value is -2.63. The van der Waals surface area contributed by atoms with Crippen molar-refractivity contribution in [2.24, 2.45) is 5.92 Å². The lowest BCUT2D eigenvalue weighted by molar-refractivity contribution is -0.139. The molecule has 1 aliphatic carbocycles. The van der Waals surface area contributed by atoms with Crippen LogP contribution in [0.3, 0.4) is 0 Å². The van der Waals surface area contributed by atoms with Crippen molar-refractivity contribution in [2.45, 2.75) is 25.3 Å². The molecule has 1 atom stereocenters. The number of aromatic nitrogens is 1. The van der Waals surface area contributed by atoms with E-state index in [0.717, 1.165) is 12.8 Å². The van der Waals surface area contributed by atoms with Crippen LogP contribution in [0.1, 0.15) is 29.8 Å². The van der Waals surface area contributed by atoms with Crippen molar-refractivity contribution >= 4 is 22.6 Å². The van der Waals surface area contributed by atoms with Crippen LogP contribution in [0.15, 0.2) is 35.1 Å². The van der Waals surface area contributed by atoms with Gasteiger partial charge in [-0.05, 0) is 29.9 Å². The van der Waals surface area contributed by atoms with Gasteiger partial charge in [0.15, 0.2) is 0 Å². The molecule has 2 aromatic rings. The summed E-state index contributed by atoms with van der Waals surface area (Å²) in [4.78, 5) is 37.9. The predicted molar refractivity (Wildman–Crippen MR) is 80.8 cm³/mol. The lowest BCUT2D eigenvalue weighted by atomic mass is 10.1. The number of carbonyl (C=O) groups excluding carboxylic acids is 1. The first-order chi connectivity index (χ1) is 10.5. The van der Waals surface area contributed by atoms with E-state index in [1.54, 1.807) is 30.3 Å². The second-order valence-corrected chi connectivity index (χ2v) is 5.64. The van der Waals surface area contributed by atoms with Crippen molar-refractivity contribution in [3.05, 3.63) is 46.4 Å². The zero-order valence-corrected chi connectivity index (χ0v) is 11.8. The third-order valence-electron chi connectivity index (χ3n) is 3.87. The molecule has 3 N–H and O–H groups in total. The van der Waals surface area contributed by atoms with Crippen LogP contribution >= 0.6 is 0 Å². The second kappa shape index (κ2) is 5.63. The highest BCUT2D eigenvalue weighted by molar-refractivity contribution is 5.98. The fraction of sp³-hybridized carbons (Fsp3) is 0.312. The minimum absolute atomic E-state index is 0.0748. The van der Waals surface area contributed by atoms with Crippen molar-refractivity contribution in [3.8, 4) is 0 Å². The minimum Gasteiger partial charge on any atom is -0.480 e. The molecule has 1 amide bonds. The van der Waals surface area contributed by atoms with E-state index in [9.17, 15) is 19.5 Å². The monoisotopic (exact) mass is 300 g/mol. The zero-order valence-electron chi connectivity index (χ0n) is 11.8. The number of pyridine rings is 1. The number of hydrogen-bond acceptors (Lipinski definition) is 3. The van der Waals surface area contributed by atoms with E-state index in [2.05, 4.69) is 10.3 Å². The second-order valence-electron chi connectivity index (χ2n) is 5.64. The first-order valence-corrected chi connectivity index (χ1v) is 7.20. The maximum absolute atomic E-state index is 12.2. The number of fused-ring (bicyclic) bond motifs is 1. The number of aliphatic carboxylic acids is 1. The molecular formula is C16H16N2O4. The van der Waals surface area contributed by atoms with E-state index in [0.29, 0.717) is 23.1 Å². The number of aromatic amines is 1. The van der Waals surface area contributed by atoms with E-state index in [1.165, 1.54) is 0 Å². The fourth-order valence-corrected chi connectivity index (χ4v) is 2.48. The van der Waals surface area contributed by atoms with Crippen LogP contribution in [-0.4, -0.2) is 28.0 Å². The van der Waals surface area contributed by atoms with Gasteiger partial charge in [0.2, 0.25) is 0 Å². The van der Waals surface area contributed by atoms with E-state index in [-0.39, 0.29) is 11.3 Å². The maximum atomic E-state index is 12.2. The Bertz CT molecular complexity index is 792. The van der Waals surface area contributed by atoms with Gasteiger partial charge in [-0.2, -0.15) is 0 Å². The van der Waals surface area contributed by atoms with Gasteiger partial charge in [0.25, 0.3) is 11.5 Å². The topological polar surface area (TPSA) is 99.3 Å². The van der Waals surface area contributed by atoms with E-state index in [4.69, 9.17) is 0 Å². The summed E-state index contributed by atoms with van der Waals surface area (Å²) in [6, 6.07) is 7.56. The van der Waals surface area contributed by atoms with E-state index < -0.39 is 17.9 Å². The van der Waals surface area contributed by atoms with Crippen molar-refractivity contribution in [1.29, 1.82) is 0 Å². The van der Waals surface area contributed by atoms with Crippen LogP contribution < -0.4 is 10.9 Å². The summed E-state index contributed by atoms with van der Waals surface area (Å²) in [5, 5.41) is 12.8. The Balaban J connectivity index is 1.84. The molecule has 1 aromatic carbocycles. The normalized spacial score (nSPS) is 15.5. The lowest BCUT2D eigenvalue weighted by Crippen LogP contribution is -2.41. The molecule has 0 spiro atoms. The van der Waals surface area contributed by atoms with Crippen LogP contribution in [0.5, 0.6) is 0 Å². The molecule has 6 heteroatoms. The third kappa shape index (κ3) is 3.00. The molecule has 114 valence electrons. The van der Waals surface area contributed by atoms with Gasteiger partial charge in [0, 0.05) is 5.39 Å². The molecule has 1 unspecified atom stereocenters. The first kappa shape index (κ1) is 14.3. The molecule has 22 heavy (non-hydrogen) atoms. The number of benzene rings is 1. The minimum atomic E-state index is -1.05. The molecule has 1 aliphatic rings. The molecule has 0 radical (unpaired) electrons. The highest BCUT2D eigenvalue weighted by Crippen LogP contribution is 2.33. The van der Waals surface area contributed by atoms with Crippen molar-refractivity contribution in [2.75, 3.05) is 0 Å². The Kier molecular flexibility index (Phi) is 3.66. The maximum Gasteiger partial charge on any atom is 0.326 e. The average Bonchev–Trinajstić information content (AvgIpc) is 3.30. The summed E-state index contributed by atoms with van der Waals surface area (Å²) in [6.45, 7) is 0. The predicted octanol–water partition coefficient (Wildman–Crippen LogP) is 1.51. The molecule has 0 aliphatic heterocycles. The van der Waals surface area contributed by atoms with Crippen LogP contribution in [0.25, 0.3) is 10.8 Å². The molecule has 1 saturated carbocycles. The summed E-state index contributed by atoms with van der Waals surface area (Å²) in [5.41, 5.74) is -0.289. The van der Waals surface area contributed by atoms with Gasteiger partial charge in [0.05, 0.1) is 0 Å². The summed E-state index contributed by atoms with van der Waals surface area (Å²) in [5.74, 6) is -1.25. The van der Waals surface area contributed by atoms with Gasteiger partial charge in [-0.1, -0.05) is 31.0 Å². The van der Waals surface area contributed by atoms with Gasteiger partial charge in [0.1, 0.15) is 11.7 Å². The van der Waals surface area contributed by atoms with Crippen LogP contribution in [-0.2, 0) is 4.79 Å². The number of carbonyl (C=O) groups is 2. The molecule has 1 aromatic heterocycles. The van der Waals surface area contributed by atoms with Crippen molar-refractivity contribution in [1.82, 2.24) is 10.3 Å². The standard InChI is InChI=1S/C16H16N2O4/c19-14-11-4-2-1-3-10(11)8-12(17-14)15(20)18-13(16(21)22)7-9-5-6-9/h1-4,8-9,13H,5-7H2,(H,17,19)(H,18,20)(H,21,22). The van der Waals surface area contributed by atoms with Crippen LogP contribution in [0, 0.1) is 5.92 Å². The Morgan fingerprint density at radius 2 is 2.05 bits per heavy atom. The van der Waals surface area contributed by atoms with E-state index >= 15 is 0 Å². The largest absolute Gasteiger partial charge is 0.480 e. The number of H-pyrrole nitrogens is 1. The first-order valence-electron chi connectivity index (χ1n) is 7.20. The summed E-state index contributed by atoms with van der Waals surface area (Å²) in [6.07, 6.45) is 2.44. The Morgan fingerprint density at radius 1 is 1.32 bits per heavy atom. The zero-order chi connectivity index (χ0) is 15.7. The summed E-state index contributed by atoms with van der Waals surface area (Å²) < 4.78 is 0. The number of carboxylic acids is 1. The Morgan fingerprint density at radius 3 is 2.73 bits per heavy atom. The lowest BCUT2D eigenvalue weighted by Gasteiger charge is -2.14. The smallest absolute Gasteiger partial charge is 0.326 e. The number of carboxylic acid groups (broad SMARTS) is 1. The number of amides is 1. The molecular weight excluding hydrogens is 284 g/mol. The van der Waals surface area contributed by atoms with Gasteiger partial charge >= 0.3 is 5.97 Å². The highest BCUT2D eigenvalue weighted by atomic mass is 16.4. The number of nitrogens with one attached hydrogen (secondary N) is 2. The average molecular weight is 300 g/mol. The van der Waals surface area contributed by atoms with Crippen LogP contribution in [0.2, 0.25) is 0 Å². The summed E-state index contributed by atoms with van der Waals surface area (Å²) >= 11 is 0. The van der Waals surface area contributed by atoms with Crippen LogP contribution in [0.4, 0.5) is 0 Å². The van der Waals surface area contributed by atoms with Crippen molar-refractivity contribution in [3.63, 3.8) is 0 Å². The highest BCUT2D eigenvalue weighted by Gasteiger charge is 2.30. The Labute approximate surface area is 126 Å². The number of rotatable bonds is 5. The number of hydrogen-bond donors (Lipinski definition) is 3. The molecule has 3 rings (SSSR count). The van der Waals surface area contributed by atoms with Gasteiger partial charge in [-0.3, -0.25) is 9.59 Å². The third-order valence-corrected chi connectivity index (χ3v) is 3.87. The molecule has 0 bridgehead atoms. The van der Waals surface area contributed by atoms with Gasteiger partial charge in [-0.15, -0.1) is 0 Å².